The van der Waals surface area contributed by atoms with Crippen molar-refractivity contribution in [1.82, 2.24) is 10.3 Å². The molecule has 19 heavy (non-hydrogen) atoms. The van der Waals surface area contributed by atoms with Gasteiger partial charge < -0.3 is 10.1 Å². The minimum atomic E-state index is 0.0194. The van der Waals surface area contributed by atoms with E-state index in [4.69, 9.17) is 4.74 Å². The summed E-state index contributed by atoms with van der Waals surface area (Å²) in [6.45, 7) is 10.8. The number of hydrogen-bond donors (Lipinski definition) is 1. The highest BCUT2D eigenvalue weighted by molar-refractivity contribution is 5.32. The van der Waals surface area contributed by atoms with Crippen LogP contribution < -0.4 is 10.1 Å². The van der Waals surface area contributed by atoms with Gasteiger partial charge in [0.05, 0.1) is 18.3 Å². The van der Waals surface area contributed by atoms with E-state index in [9.17, 15) is 0 Å². The lowest BCUT2D eigenvalue weighted by Gasteiger charge is -2.42. The molecular weight excluding hydrogens is 236 g/mol. The normalized spacial score (nSPS) is 23.6. The smallest absolute Gasteiger partial charge is 0.137 e. The van der Waals surface area contributed by atoms with Crippen molar-refractivity contribution in [2.75, 3.05) is 13.2 Å². The number of aromatic nitrogens is 1. The Bertz CT molecular complexity index is 417. The molecule has 1 fully saturated rings. The average molecular weight is 262 g/mol. The predicted octanol–water partition coefficient (Wildman–Crippen LogP) is 3.50. The summed E-state index contributed by atoms with van der Waals surface area (Å²) in [6, 6.07) is 2.16. The van der Waals surface area contributed by atoms with Crippen molar-refractivity contribution < 1.29 is 4.74 Å². The molecule has 1 N–H and O–H groups in total. The molecule has 0 aromatic carbocycles. The van der Waals surface area contributed by atoms with Gasteiger partial charge in [0.15, 0.2) is 0 Å². The van der Waals surface area contributed by atoms with E-state index in [1.807, 2.05) is 12.4 Å². The average Bonchev–Trinajstić information content (AvgIpc) is 2.87. The summed E-state index contributed by atoms with van der Waals surface area (Å²) in [6.07, 6.45) is 7.20. The molecule has 1 aromatic rings. The number of nitrogens with zero attached hydrogens (tertiary/aromatic N) is 1. The summed E-state index contributed by atoms with van der Waals surface area (Å²) in [4.78, 5) is 4.38. The molecule has 3 nitrogen and oxygen atoms in total. The first-order valence-corrected chi connectivity index (χ1v) is 7.33. The van der Waals surface area contributed by atoms with E-state index in [1.54, 1.807) is 0 Å². The second kappa shape index (κ2) is 5.49. The minimum Gasteiger partial charge on any atom is -0.492 e. The predicted molar refractivity (Wildman–Crippen MR) is 78.4 cm³/mol. The summed E-state index contributed by atoms with van der Waals surface area (Å²) >= 11 is 0. The number of ether oxygens (including phenoxy) is 1. The monoisotopic (exact) mass is 262 g/mol. The Kier molecular flexibility index (Phi) is 4.14. The van der Waals surface area contributed by atoms with Gasteiger partial charge in [0, 0.05) is 6.20 Å². The van der Waals surface area contributed by atoms with E-state index >= 15 is 0 Å². The number of pyridine rings is 1. The highest BCUT2D eigenvalue weighted by atomic mass is 16.5. The molecule has 0 saturated carbocycles. The van der Waals surface area contributed by atoms with Gasteiger partial charge in [-0.2, -0.15) is 0 Å². The van der Waals surface area contributed by atoms with Crippen molar-refractivity contribution in [1.29, 1.82) is 0 Å². The quantitative estimate of drug-likeness (QED) is 0.902. The van der Waals surface area contributed by atoms with Crippen LogP contribution in [0.25, 0.3) is 0 Å². The van der Waals surface area contributed by atoms with E-state index in [0.717, 1.165) is 31.7 Å². The van der Waals surface area contributed by atoms with Crippen LogP contribution in [0.4, 0.5) is 0 Å². The first kappa shape index (κ1) is 14.3. The van der Waals surface area contributed by atoms with Crippen molar-refractivity contribution >= 4 is 0 Å². The fraction of sp³-hybridized carbons (Fsp3) is 0.688. The zero-order valence-electron chi connectivity index (χ0n) is 12.6. The third-order valence-electron chi connectivity index (χ3n) is 4.11. The Balaban J connectivity index is 2.32. The van der Waals surface area contributed by atoms with Crippen LogP contribution in [0.3, 0.4) is 0 Å². The van der Waals surface area contributed by atoms with Gasteiger partial charge in [-0.05, 0) is 42.9 Å². The topological polar surface area (TPSA) is 34.1 Å². The maximum atomic E-state index is 5.72. The largest absolute Gasteiger partial charge is 0.492 e. The Morgan fingerprint density at radius 1 is 1.37 bits per heavy atom. The molecule has 2 rings (SSSR count). The van der Waals surface area contributed by atoms with Crippen LogP contribution in [0.1, 0.15) is 52.5 Å². The second-order valence-electron chi connectivity index (χ2n) is 6.44. The molecule has 1 aromatic heterocycles. The van der Waals surface area contributed by atoms with E-state index in [2.05, 4.69) is 44.1 Å². The first-order valence-electron chi connectivity index (χ1n) is 7.33. The molecular formula is C16H26N2O. The molecule has 0 radical (unpaired) electrons. The van der Waals surface area contributed by atoms with Crippen LogP contribution in [0, 0.1) is 5.41 Å². The van der Waals surface area contributed by atoms with Crippen molar-refractivity contribution in [3.63, 3.8) is 0 Å². The van der Waals surface area contributed by atoms with Gasteiger partial charge in [-0.15, -0.1) is 0 Å². The summed E-state index contributed by atoms with van der Waals surface area (Å²) in [5, 5.41) is 3.71. The number of rotatable bonds is 4. The number of nitrogens with one attached hydrogen (secondary N) is 1. The molecule has 2 heterocycles. The molecule has 1 aliphatic heterocycles. The van der Waals surface area contributed by atoms with Crippen molar-refractivity contribution in [2.24, 2.45) is 5.41 Å². The van der Waals surface area contributed by atoms with Crippen molar-refractivity contribution in [3.05, 3.63) is 24.0 Å². The lowest BCUT2D eigenvalue weighted by Crippen LogP contribution is -2.48. The standard InChI is InChI=1S/C16H26N2O/c1-5-9-19-14-10-13(11-17-12-14)16(15(2,3)4)7-6-8-18-16/h10-12,18H,5-9H2,1-4H3. The van der Waals surface area contributed by atoms with Gasteiger partial charge in [0.25, 0.3) is 0 Å². The van der Waals surface area contributed by atoms with Gasteiger partial charge >= 0.3 is 0 Å². The Morgan fingerprint density at radius 2 is 2.16 bits per heavy atom. The molecule has 3 heteroatoms. The highest BCUT2D eigenvalue weighted by Crippen LogP contribution is 2.45. The lowest BCUT2D eigenvalue weighted by atomic mass is 9.69. The van der Waals surface area contributed by atoms with Crippen LogP contribution >= 0.6 is 0 Å². The molecule has 1 saturated heterocycles. The number of hydrogen-bond acceptors (Lipinski definition) is 3. The van der Waals surface area contributed by atoms with Gasteiger partial charge in [-0.25, -0.2) is 0 Å². The zero-order valence-corrected chi connectivity index (χ0v) is 12.6. The third kappa shape index (κ3) is 2.76. The van der Waals surface area contributed by atoms with E-state index in [0.29, 0.717) is 0 Å². The molecule has 0 spiro atoms. The Morgan fingerprint density at radius 3 is 2.74 bits per heavy atom. The first-order chi connectivity index (χ1) is 8.99. The molecule has 1 aliphatic rings. The molecule has 0 aliphatic carbocycles. The maximum Gasteiger partial charge on any atom is 0.137 e. The fourth-order valence-corrected chi connectivity index (χ4v) is 3.01. The van der Waals surface area contributed by atoms with Crippen molar-refractivity contribution in [2.45, 2.75) is 52.5 Å². The second-order valence-corrected chi connectivity index (χ2v) is 6.44. The summed E-state index contributed by atoms with van der Waals surface area (Å²) in [5.74, 6) is 0.886. The molecule has 1 atom stereocenters. The van der Waals surface area contributed by atoms with E-state index in [-0.39, 0.29) is 11.0 Å². The summed E-state index contributed by atoms with van der Waals surface area (Å²) in [5.41, 5.74) is 1.44. The minimum absolute atomic E-state index is 0.0194. The maximum absolute atomic E-state index is 5.72. The van der Waals surface area contributed by atoms with E-state index in [1.165, 1.54) is 12.0 Å². The van der Waals surface area contributed by atoms with Gasteiger partial charge in [-0.3, -0.25) is 4.98 Å². The van der Waals surface area contributed by atoms with E-state index < -0.39 is 0 Å². The van der Waals surface area contributed by atoms with Crippen LogP contribution in [-0.4, -0.2) is 18.1 Å². The SMILES string of the molecule is CCCOc1cncc(C2(C(C)(C)C)CCCN2)c1. The zero-order chi connectivity index (χ0) is 13.9. The molecule has 0 amide bonds. The van der Waals surface area contributed by atoms with Gasteiger partial charge in [0.1, 0.15) is 5.75 Å². The van der Waals surface area contributed by atoms with Gasteiger partial charge in [-0.1, -0.05) is 27.7 Å². The lowest BCUT2D eigenvalue weighted by molar-refractivity contribution is 0.159. The molecule has 0 bridgehead atoms. The van der Waals surface area contributed by atoms with Crippen LogP contribution in [0.5, 0.6) is 5.75 Å². The third-order valence-corrected chi connectivity index (χ3v) is 4.11. The fourth-order valence-electron chi connectivity index (χ4n) is 3.01. The van der Waals surface area contributed by atoms with Crippen LogP contribution in [0.15, 0.2) is 18.5 Å². The highest BCUT2D eigenvalue weighted by Gasteiger charge is 2.45. The van der Waals surface area contributed by atoms with Crippen LogP contribution in [0.2, 0.25) is 0 Å². The Labute approximate surface area is 116 Å². The molecule has 106 valence electrons. The van der Waals surface area contributed by atoms with Gasteiger partial charge in [0.2, 0.25) is 0 Å². The molecule has 1 unspecified atom stereocenters. The summed E-state index contributed by atoms with van der Waals surface area (Å²) < 4.78 is 5.72. The van der Waals surface area contributed by atoms with Crippen molar-refractivity contribution in [3.8, 4) is 5.75 Å². The van der Waals surface area contributed by atoms with Crippen LogP contribution in [-0.2, 0) is 5.54 Å². The Hall–Kier alpha value is -1.09. The summed E-state index contributed by atoms with van der Waals surface area (Å²) in [7, 11) is 0.